The van der Waals surface area contributed by atoms with E-state index >= 15 is 0 Å². The zero-order valence-corrected chi connectivity index (χ0v) is 18.6. The molecule has 4 nitrogen and oxygen atoms in total. The molecule has 0 aliphatic carbocycles. The van der Waals surface area contributed by atoms with E-state index in [1.54, 1.807) is 0 Å². The van der Waals surface area contributed by atoms with Gasteiger partial charge in [-0.05, 0) is 47.4 Å². The molecule has 4 rings (SSSR count). The van der Waals surface area contributed by atoms with Gasteiger partial charge in [-0.25, -0.2) is 0 Å². The van der Waals surface area contributed by atoms with Crippen molar-refractivity contribution in [3.63, 3.8) is 0 Å². The van der Waals surface area contributed by atoms with E-state index in [1.165, 1.54) is 16.3 Å². The van der Waals surface area contributed by atoms with E-state index in [4.69, 9.17) is 5.11 Å². The third kappa shape index (κ3) is 5.45. The fourth-order valence-corrected chi connectivity index (χ4v) is 4.20. The lowest BCUT2D eigenvalue weighted by Crippen LogP contribution is -2.34. The predicted molar refractivity (Wildman–Crippen MR) is 128 cm³/mol. The number of aliphatic carboxylic acids is 1. The van der Waals surface area contributed by atoms with Crippen LogP contribution in [0.2, 0.25) is 0 Å². The highest BCUT2D eigenvalue weighted by molar-refractivity contribution is 5.86. The van der Waals surface area contributed by atoms with Gasteiger partial charge in [0.15, 0.2) is 0 Å². The highest BCUT2D eigenvalue weighted by atomic mass is 35.5. The van der Waals surface area contributed by atoms with E-state index in [0.717, 1.165) is 30.8 Å². The minimum Gasteiger partial charge on any atom is -0.481 e. The van der Waals surface area contributed by atoms with E-state index in [-0.39, 0.29) is 37.3 Å². The van der Waals surface area contributed by atoms with Gasteiger partial charge in [0.2, 0.25) is 0 Å². The number of anilines is 1. The summed E-state index contributed by atoms with van der Waals surface area (Å²) in [5, 5.41) is 15.3. The molecule has 0 unspecified atom stereocenters. The number of benzene rings is 3. The number of halogens is 2. The van der Waals surface area contributed by atoms with Crippen LogP contribution in [0.15, 0.2) is 66.7 Å². The van der Waals surface area contributed by atoms with Crippen molar-refractivity contribution in [3.05, 3.63) is 77.9 Å². The van der Waals surface area contributed by atoms with Crippen LogP contribution in [0.25, 0.3) is 10.8 Å². The first-order valence-electron chi connectivity index (χ1n) is 9.89. The van der Waals surface area contributed by atoms with Crippen LogP contribution in [-0.4, -0.2) is 30.2 Å². The highest BCUT2D eigenvalue weighted by Crippen LogP contribution is 2.26. The Hall–Kier alpha value is -2.27. The summed E-state index contributed by atoms with van der Waals surface area (Å²) in [4.78, 5) is 13.2. The Morgan fingerprint density at radius 1 is 1.07 bits per heavy atom. The van der Waals surface area contributed by atoms with Crippen molar-refractivity contribution < 1.29 is 9.90 Å². The van der Waals surface area contributed by atoms with Gasteiger partial charge in [-0.2, -0.15) is 0 Å². The first-order valence-corrected chi connectivity index (χ1v) is 9.89. The molecule has 1 heterocycles. The lowest BCUT2D eigenvalue weighted by Gasteiger charge is -2.23. The summed E-state index contributed by atoms with van der Waals surface area (Å²) < 4.78 is 0. The lowest BCUT2D eigenvalue weighted by atomic mass is 9.99. The first-order chi connectivity index (χ1) is 13.6. The monoisotopic (exact) mass is 446 g/mol. The Morgan fingerprint density at radius 3 is 2.50 bits per heavy atom. The second-order valence-corrected chi connectivity index (χ2v) is 7.63. The van der Waals surface area contributed by atoms with Gasteiger partial charge in [-0.3, -0.25) is 4.79 Å². The molecular weight excluding hydrogens is 419 g/mol. The largest absolute Gasteiger partial charge is 0.481 e. The molecule has 0 aromatic heterocycles. The van der Waals surface area contributed by atoms with Crippen LogP contribution in [0.5, 0.6) is 0 Å². The predicted octanol–water partition coefficient (Wildman–Crippen LogP) is 5.24. The number of carboxylic acids is 1. The van der Waals surface area contributed by atoms with Crippen molar-refractivity contribution >= 4 is 47.2 Å². The van der Waals surface area contributed by atoms with Crippen LogP contribution >= 0.6 is 24.8 Å². The minimum absolute atomic E-state index is 0. The molecule has 2 N–H and O–H groups in total. The molecule has 3 aromatic carbocycles. The Bertz CT molecular complexity index is 973. The Labute approximate surface area is 190 Å². The van der Waals surface area contributed by atoms with Crippen molar-refractivity contribution in [2.75, 3.05) is 18.0 Å². The van der Waals surface area contributed by atoms with Gasteiger partial charge in [0.05, 0.1) is 6.42 Å². The van der Waals surface area contributed by atoms with Crippen LogP contribution in [0.4, 0.5) is 5.69 Å². The molecule has 0 radical (unpaired) electrons. The molecule has 3 aromatic rings. The molecule has 1 aliphatic rings. The van der Waals surface area contributed by atoms with Gasteiger partial charge in [-0.1, -0.05) is 54.6 Å². The number of nitrogens with one attached hydrogen (secondary N) is 1. The number of hydrogen-bond acceptors (Lipinski definition) is 3. The molecule has 160 valence electrons. The van der Waals surface area contributed by atoms with Gasteiger partial charge in [-0.15, -0.1) is 24.8 Å². The number of nitrogens with zero attached hydrogens (tertiary/aromatic N) is 1. The fraction of sp³-hybridized carbons (Fsp3) is 0.292. The minimum atomic E-state index is -0.791. The summed E-state index contributed by atoms with van der Waals surface area (Å²) in [5.74, 6) is -0.791. The normalized spacial score (nSPS) is 16.6. The first kappa shape index (κ1) is 24.0. The molecule has 0 bridgehead atoms. The molecular formula is C24H28Cl2N2O2. The lowest BCUT2D eigenvalue weighted by molar-refractivity contribution is -0.136. The SMILES string of the molecule is C[C@@H](N[C@H]1CCN(c2ccc(CC(=O)O)cc2)C1)c1cccc2ccccc12.Cl.Cl. The summed E-state index contributed by atoms with van der Waals surface area (Å²) in [6.45, 7) is 4.22. The topological polar surface area (TPSA) is 52.6 Å². The van der Waals surface area contributed by atoms with Gasteiger partial charge >= 0.3 is 5.97 Å². The van der Waals surface area contributed by atoms with E-state index < -0.39 is 5.97 Å². The molecule has 6 heteroatoms. The van der Waals surface area contributed by atoms with E-state index in [2.05, 4.69) is 59.6 Å². The third-order valence-corrected chi connectivity index (χ3v) is 5.62. The van der Waals surface area contributed by atoms with Crippen molar-refractivity contribution in [1.82, 2.24) is 5.32 Å². The average Bonchev–Trinajstić information content (AvgIpc) is 3.16. The van der Waals surface area contributed by atoms with Crippen molar-refractivity contribution in [1.29, 1.82) is 0 Å². The third-order valence-electron chi connectivity index (χ3n) is 5.62. The van der Waals surface area contributed by atoms with Gasteiger partial charge in [0, 0.05) is 30.9 Å². The summed E-state index contributed by atoms with van der Waals surface area (Å²) >= 11 is 0. The molecule has 30 heavy (non-hydrogen) atoms. The summed E-state index contributed by atoms with van der Waals surface area (Å²) in [6.07, 6.45) is 1.18. The van der Waals surface area contributed by atoms with Crippen LogP contribution < -0.4 is 10.2 Å². The Kier molecular flexibility index (Phi) is 8.54. The van der Waals surface area contributed by atoms with Gasteiger partial charge < -0.3 is 15.3 Å². The van der Waals surface area contributed by atoms with Gasteiger partial charge in [0.25, 0.3) is 0 Å². The van der Waals surface area contributed by atoms with Crippen molar-refractivity contribution in [3.8, 4) is 0 Å². The van der Waals surface area contributed by atoms with E-state index in [1.807, 2.05) is 24.3 Å². The maximum absolute atomic E-state index is 10.8. The molecule has 1 saturated heterocycles. The second-order valence-electron chi connectivity index (χ2n) is 7.63. The zero-order valence-electron chi connectivity index (χ0n) is 17.0. The number of carboxylic acid groups (broad SMARTS) is 1. The van der Waals surface area contributed by atoms with Crippen LogP contribution in [0, 0.1) is 0 Å². The maximum atomic E-state index is 10.8. The van der Waals surface area contributed by atoms with Crippen LogP contribution in [0.3, 0.4) is 0 Å². The molecule has 1 aliphatic heterocycles. The molecule has 2 atom stereocenters. The zero-order chi connectivity index (χ0) is 19.5. The summed E-state index contributed by atoms with van der Waals surface area (Å²) in [6, 6.07) is 23.7. The molecule has 0 saturated carbocycles. The Balaban J connectivity index is 0.00000160. The van der Waals surface area contributed by atoms with Crippen molar-refractivity contribution in [2.24, 2.45) is 0 Å². The fourth-order valence-electron chi connectivity index (χ4n) is 4.20. The standard InChI is InChI=1S/C24H26N2O2.2ClH/c1-17(22-8-4-6-19-5-2-3-7-23(19)22)25-20-13-14-26(16-20)21-11-9-18(10-12-21)15-24(27)28;;/h2-12,17,20,25H,13-16H2,1H3,(H,27,28);2*1H/t17-,20+;;/m1../s1. The quantitative estimate of drug-likeness (QED) is 0.543. The highest BCUT2D eigenvalue weighted by Gasteiger charge is 2.24. The maximum Gasteiger partial charge on any atom is 0.307 e. The second kappa shape index (κ2) is 10.7. The van der Waals surface area contributed by atoms with E-state index in [9.17, 15) is 4.79 Å². The number of fused-ring (bicyclic) bond motifs is 1. The number of hydrogen-bond donors (Lipinski definition) is 2. The number of rotatable bonds is 6. The summed E-state index contributed by atoms with van der Waals surface area (Å²) in [5.41, 5.74) is 3.35. The number of carbonyl (C=O) groups is 1. The molecule has 0 amide bonds. The van der Waals surface area contributed by atoms with Crippen molar-refractivity contribution in [2.45, 2.75) is 31.8 Å². The Morgan fingerprint density at radius 2 is 1.77 bits per heavy atom. The smallest absolute Gasteiger partial charge is 0.307 e. The molecule has 0 spiro atoms. The van der Waals surface area contributed by atoms with Crippen LogP contribution in [-0.2, 0) is 11.2 Å². The van der Waals surface area contributed by atoms with Gasteiger partial charge in [0.1, 0.15) is 0 Å². The molecule has 1 fully saturated rings. The summed E-state index contributed by atoms with van der Waals surface area (Å²) in [7, 11) is 0. The van der Waals surface area contributed by atoms with Crippen LogP contribution in [0.1, 0.15) is 30.5 Å². The average molecular weight is 447 g/mol. The van der Waals surface area contributed by atoms with E-state index in [0.29, 0.717) is 6.04 Å².